The van der Waals surface area contributed by atoms with Crippen LogP contribution >= 0.6 is 0 Å². The Kier molecular flexibility index (Phi) is 18.1. The predicted octanol–water partition coefficient (Wildman–Crippen LogP) is 14.7. The fourth-order valence-electron chi connectivity index (χ4n) is 12.1. The van der Waals surface area contributed by atoms with Gasteiger partial charge in [-0.05, 0) is 196 Å². The molecule has 384 valence electrons. The summed E-state index contributed by atoms with van der Waals surface area (Å²) in [6.45, 7) is 29.9. The number of hydrogen-bond donors (Lipinski definition) is 3. The zero-order chi connectivity index (χ0) is 51.8. The van der Waals surface area contributed by atoms with E-state index in [1.807, 2.05) is 0 Å². The van der Waals surface area contributed by atoms with Gasteiger partial charge in [0.25, 0.3) is 0 Å². The Labute approximate surface area is 436 Å². The lowest BCUT2D eigenvalue weighted by atomic mass is 9.91. The van der Waals surface area contributed by atoms with Gasteiger partial charge in [-0.15, -0.1) is 0 Å². The van der Waals surface area contributed by atoms with Crippen LogP contribution in [0.5, 0.6) is 0 Å². The molecule has 0 spiro atoms. The first-order chi connectivity index (χ1) is 34.8. The number of nitrogen functional groups attached to an aromatic ring is 3. The van der Waals surface area contributed by atoms with Gasteiger partial charge in [-0.3, -0.25) is 0 Å². The quantitative estimate of drug-likeness (QED) is 0.0623. The average molecular weight is 967 g/mol. The van der Waals surface area contributed by atoms with Crippen molar-refractivity contribution in [3.05, 3.63) is 173 Å². The molecule has 0 radical (unpaired) electrons. The van der Waals surface area contributed by atoms with Crippen LogP contribution in [0.15, 0.2) is 72.8 Å². The summed E-state index contributed by atoms with van der Waals surface area (Å²) in [5.74, 6) is 0. The summed E-state index contributed by atoms with van der Waals surface area (Å²) in [7, 11) is 0. The summed E-state index contributed by atoms with van der Waals surface area (Å²) in [5, 5.41) is 0. The minimum atomic E-state index is 0.822. The Balaban J connectivity index is 1.36. The molecule has 6 heteroatoms. The van der Waals surface area contributed by atoms with Gasteiger partial charge in [-0.25, -0.2) is 0 Å². The molecule has 0 bridgehead atoms. The van der Waals surface area contributed by atoms with Gasteiger partial charge in [0.2, 0.25) is 0 Å². The summed E-state index contributed by atoms with van der Waals surface area (Å²) in [6.07, 6.45) is 14.2. The molecule has 1 aliphatic heterocycles. The van der Waals surface area contributed by atoms with E-state index in [2.05, 4.69) is 171 Å². The van der Waals surface area contributed by atoms with Crippen molar-refractivity contribution in [2.45, 2.75) is 179 Å². The fraction of sp³-hybridized carbons (Fsp3) is 0.455. The maximum atomic E-state index is 6.64. The van der Waals surface area contributed by atoms with Gasteiger partial charge in [-0.1, -0.05) is 156 Å². The zero-order valence-corrected chi connectivity index (χ0v) is 46.7. The van der Waals surface area contributed by atoms with E-state index in [4.69, 9.17) is 17.2 Å². The lowest BCUT2D eigenvalue weighted by molar-refractivity contribution is 0.600. The van der Waals surface area contributed by atoms with E-state index >= 15 is 0 Å². The average Bonchev–Trinajstić information content (AvgIpc) is 3.40. The van der Waals surface area contributed by atoms with Crippen molar-refractivity contribution < 1.29 is 0 Å². The highest BCUT2D eigenvalue weighted by molar-refractivity contribution is 5.72. The maximum absolute atomic E-state index is 6.64. The van der Waals surface area contributed by atoms with E-state index in [0.717, 1.165) is 133 Å². The van der Waals surface area contributed by atoms with E-state index in [1.54, 1.807) is 0 Å². The summed E-state index contributed by atoms with van der Waals surface area (Å²) in [4.78, 5) is 8.20. The SMILES string of the molecule is CCc1cc(Cc2cc(CC)c(N3CN(c4c(CC)cc(Cc5cc(CC)c(N)c(CC)c5)cc4CC)CN(c4c(CC)cc(Cc5cc(CC)c(N)c(CC)c5)cc4CC)C3)c(CC)c2)cc(CC)c1N. The smallest absolute Gasteiger partial charge is 0.0938 e. The summed E-state index contributed by atoms with van der Waals surface area (Å²) < 4.78 is 0. The minimum absolute atomic E-state index is 0.822. The second-order valence-corrected chi connectivity index (χ2v) is 20.6. The monoisotopic (exact) mass is 967 g/mol. The zero-order valence-electron chi connectivity index (χ0n) is 46.7. The highest BCUT2D eigenvalue weighted by atomic mass is 15.5. The molecule has 0 aliphatic carbocycles. The van der Waals surface area contributed by atoms with Crippen molar-refractivity contribution in [2.75, 3.05) is 51.9 Å². The fourth-order valence-corrected chi connectivity index (χ4v) is 12.1. The lowest BCUT2D eigenvalue weighted by Crippen LogP contribution is -2.57. The Morgan fingerprint density at radius 3 is 0.528 bits per heavy atom. The maximum Gasteiger partial charge on any atom is 0.0938 e. The number of anilines is 6. The number of benzene rings is 6. The summed E-state index contributed by atoms with van der Waals surface area (Å²) in [5.41, 5.74) is 51.5. The lowest BCUT2D eigenvalue weighted by Gasteiger charge is -2.48. The van der Waals surface area contributed by atoms with Crippen LogP contribution in [0.1, 0.15) is 183 Å². The first-order valence-electron chi connectivity index (χ1n) is 28.2. The molecular weight excluding hydrogens is 877 g/mol. The van der Waals surface area contributed by atoms with Crippen LogP contribution in [0.3, 0.4) is 0 Å². The number of hydrogen-bond acceptors (Lipinski definition) is 6. The van der Waals surface area contributed by atoms with Crippen LogP contribution in [0.25, 0.3) is 0 Å². The molecule has 0 unspecified atom stereocenters. The molecule has 72 heavy (non-hydrogen) atoms. The highest BCUT2D eigenvalue weighted by Gasteiger charge is 2.32. The summed E-state index contributed by atoms with van der Waals surface area (Å²) >= 11 is 0. The number of aryl methyl sites for hydroxylation is 12. The molecule has 0 amide bonds. The van der Waals surface area contributed by atoms with Crippen LogP contribution in [0.4, 0.5) is 34.1 Å². The van der Waals surface area contributed by atoms with E-state index < -0.39 is 0 Å². The van der Waals surface area contributed by atoms with Gasteiger partial charge in [0.1, 0.15) is 0 Å². The Hall–Kier alpha value is -5.88. The van der Waals surface area contributed by atoms with Gasteiger partial charge in [0, 0.05) is 34.1 Å². The van der Waals surface area contributed by atoms with Crippen molar-refractivity contribution in [3.8, 4) is 0 Å². The van der Waals surface area contributed by atoms with Crippen molar-refractivity contribution in [3.63, 3.8) is 0 Å². The molecule has 6 aromatic carbocycles. The van der Waals surface area contributed by atoms with Crippen LogP contribution in [0.2, 0.25) is 0 Å². The molecule has 6 N–H and O–H groups in total. The largest absolute Gasteiger partial charge is 0.398 e. The standard InChI is InChI=1S/C66H90N6/c1-13-49-28-43(29-50(14-2)61(49)67)25-46-34-55(19-7)64(56(20-8)35-46)70-40-71(65-57(21-9)36-47(37-58(65)22-10)26-44-30-51(15-3)62(68)52(16-4)31-44)42-72(41-70)66-59(23-11)38-48(39-60(66)24-12)27-45-32-53(17-5)63(69)54(18-6)33-45/h28-39H,13-27,40-42,67-69H2,1-12H3. The van der Waals surface area contributed by atoms with Gasteiger partial charge in [0.15, 0.2) is 0 Å². The third kappa shape index (κ3) is 11.3. The molecule has 6 nitrogen and oxygen atoms in total. The molecule has 0 aromatic heterocycles. The second kappa shape index (κ2) is 24.2. The van der Waals surface area contributed by atoms with Gasteiger partial charge < -0.3 is 31.9 Å². The molecule has 1 aliphatic rings. The van der Waals surface area contributed by atoms with Crippen LogP contribution in [0, 0.1) is 0 Å². The van der Waals surface area contributed by atoms with Crippen molar-refractivity contribution >= 4 is 34.1 Å². The highest BCUT2D eigenvalue weighted by Crippen LogP contribution is 2.40. The Morgan fingerprint density at radius 2 is 0.389 bits per heavy atom. The second-order valence-electron chi connectivity index (χ2n) is 20.6. The topological polar surface area (TPSA) is 87.8 Å². The molecule has 0 saturated carbocycles. The van der Waals surface area contributed by atoms with Crippen LogP contribution in [-0.4, -0.2) is 20.0 Å². The number of nitrogens with zero attached hydrogens (tertiary/aromatic N) is 3. The number of rotatable bonds is 21. The van der Waals surface area contributed by atoms with Gasteiger partial charge >= 0.3 is 0 Å². The van der Waals surface area contributed by atoms with E-state index in [1.165, 1.54) is 117 Å². The van der Waals surface area contributed by atoms with Gasteiger partial charge in [0.05, 0.1) is 20.0 Å². The van der Waals surface area contributed by atoms with Crippen molar-refractivity contribution in [1.82, 2.24) is 0 Å². The first kappa shape index (κ1) is 53.9. The minimum Gasteiger partial charge on any atom is -0.398 e. The Morgan fingerprint density at radius 1 is 0.250 bits per heavy atom. The molecule has 1 fully saturated rings. The van der Waals surface area contributed by atoms with E-state index in [-0.39, 0.29) is 0 Å². The summed E-state index contributed by atoms with van der Waals surface area (Å²) in [6, 6.07) is 29.3. The normalized spacial score (nSPS) is 12.9. The Bertz CT molecular complexity index is 2390. The van der Waals surface area contributed by atoms with Crippen molar-refractivity contribution in [2.24, 2.45) is 0 Å². The van der Waals surface area contributed by atoms with Gasteiger partial charge in [-0.2, -0.15) is 0 Å². The van der Waals surface area contributed by atoms with Crippen LogP contribution < -0.4 is 31.9 Å². The third-order valence-corrected chi connectivity index (χ3v) is 16.0. The first-order valence-corrected chi connectivity index (χ1v) is 28.2. The van der Waals surface area contributed by atoms with Crippen LogP contribution in [-0.2, 0) is 96.3 Å². The molecule has 1 saturated heterocycles. The molecule has 1 heterocycles. The predicted molar refractivity (Wildman–Crippen MR) is 315 cm³/mol. The molecule has 7 rings (SSSR count). The van der Waals surface area contributed by atoms with E-state index in [0.29, 0.717) is 0 Å². The third-order valence-electron chi connectivity index (χ3n) is 16.0. The van der Waals surface area contributed by atoms with E-state index in [9.17, 15) is 0 Å². The molecule has 0 atom stereocenters. The van der Waals surface area contributed by atoms with Crippen molar-refractivity contribution in [1.29, 1.82) is 0 Å². The number of nitrogens with two attached hydrogens (primary N) is 3. The molecular formula is C66H90N6. The molecule has 6 aromatic rings.